The van der Waals surface area contributed by atoms with Gasteiger partial charge < -0.3 is 20.1 Å². The maximum absolute atomic E-state index is 13.4. The fourth-order valence-electron chi connectivity index (χ4n) is 5.66. The second kappa shape index (κ2) is 10.1. The summed E-state index contributed by atoms with van der Waals surface area (Å²) in [7, 11) is 5.88. The summed E-state index contributed by atoms with van der Waals surface area (Å²) in [5, 5.41) is 0. The van der Waals surface area contributed by atoms with Crippen molar-refractivity contribution in [1.82, 2.24) is 4.90 Å². The van der Waals surface area contributed by atoms with Gasteiger partial charge in [0.1, 0.15) is 11.4 Å². The fraction of sp³-hybridized carbons (Fsp3) is 0.720. The molecular weight excluding hydrogens is 376 g/mol. The van der Waals surface area contributed by atoms with E-state index in [4.69, 9.17) is 15.2 Å². The van der Waals surface area contributed by atoms with Crippen molar-refractivity contribution in [2.75, 3.05) is 34.3 Å². The Morgan fingerprint density at radius 1 is 1.13 bits per heavy atom. The largest absolute Gasteiger partial charge is 0.497 e. The number of benzene rings is 1. The summed E-state index contributed by atoms with van der Waals surface area (Å²) in [5.74, 6) is 0.983. The van der Waals surface area contributed by atoms with E-state index in [1.54, 1.807) is 7.11 Å². The van der Waals surface area contributed by atoms with Crippen molar-refractivity contribution in [3.05, 3.63) is 29.8 Å². The van der Waals surface area contributed by atoms with Gasteiger partial charge in [-0.15, -0.1) is 0 Å². The third-order valence-corrected chi connectivity index (χ3v) is 7.32. The summed E-state index contributed by atoms with van der Waals surface area (Å²) in [6.07, 6.45) is 10.2. The predicted octanol–water partition coefficient (Wildman–Crippen LogP) is 4.48. The molecule has 5 nitrogen and oxygen atoms in total. The number of nitrogens with zero attached hydrogens (tertiary/aromatic N) is 1. The molecule has 0 saturated heterocycles. The van der Waals surface area contributed by atoms with Gasteiger partial charge >= 0.3 is 5.97 Å². The van der Waals surface area contributed by atoms with Crippen molar-refractivity contribution in [2.24, 2.45) is 17.1 Å². The van der Waals surface area contributed by atoms with Crippen LogP contribution >= 0.6 is 0 Å². The Bertz CT molecular complexity index is 699. The van der Waals surface area contributed by atoms with E-state index in [-0.39, 0.29) is 17.3 Å². The summed E-state index contributed by atoms with van der Waals surface area (Å²) in [5.41, 5.74) is 6.54. The molecular formula is C25H40N2O3. The number of hydrogen-bond donors (Lipinski definition) is 1. The summed E-state index contributed by atoms with van der Waals surface area (Å²) in [6, 6.07) is 8.12. The van der Waals surface area contributed by atoms with Crippen LogP contribution in [0.5, 0.6) is 5.75 Å². The maximum Gasteiger partial charge on any atom is 0.307 e. The predicted molar refractivity (Wildman–Crippen MR) is 120 cm³/mol. The minimum atomic E-state index is -0.599. The van der Waals surface area contributed by atoms with Crippen molar-refractivity contribution >= 4 is 5.97 Å². The molecule has 0 radical (unpaired) electrons. The molecule has 2 aliphatic carbocycles. The molecule has 2 fully saturated rings. The van der Waals surface area contributed by atoms with E-state index in [2.05, 4.69) is 31.1 Å². The van der Waals surface area contributed by atoms with Crippen LogP contribution in [0.2, 0.25) is 0 Å². The van der Waals surface area contributed by atoms with Crippen LogP contribution in [-0.4, -0.2) is 45.2 Å². The van der Waals surface area contributed by atoms with Gasteiger partial charge in [0.05, 0.1) is 13.5 Å². The molecule has 0 heterocycles. The average molecular weight is 417 g/mol. The van der Waals surface area contributed by atoms with Crippen LogP contribution in [-0.2, 0) is 15.1 Å². The molecule has 2 N–H and O–H groups in total. The first-order chi connectivity index (χ1) is 14.4. The van der Waals surface area contributed by atoms with E-state index in [9.17, 15) is 4.79 Å². The first-order valence-corrected chi connectivity index (χ1v) is 11.6. The van der Waals surface area contributed by atoms with E-state index in [1.807, 2.05) is 12.1 Å². The molecule has 2 saturated carbocycles. The normalized spacial score (nSPS) is 26.4. The third-order valence-electron chi connectivity index (χ3n) is 7.32. The fourth-order valence-corrected chi connectivity index (χ4v) is 5.66. The molecule has 2 aliphatic rings. The maximum atomic E-state index is 13.4. The lowest BCUT2D eigenvalue weighted by atomic mass is 9.70. The quantitative estimate of drug-likeness (QED) is 0.633. The number of ether oxygens (including phenoxy) is 2. The lowest BCUT2D eigenvalue weighted by molar-refractivity contribution is -0.177. The molecule has 5 heteroatoms. The highest BCUT2D eigenvalue weighted by molar-refractivity contribution is 5.71. The molecule has 2 unspecified atom stereocenters. The first kappa shape index (κ1) is 23.1. The molecule has 30 heavy (non-hydrogen) atoms. The molecule has 0 spiro atoms. The zero-order valence-corrected chi connectivity index (χ0v) is 19.1. The number of esters is 1. The molecule has 1 aromatic rings. The number of nitrogens with two attached hydrogens (primary N) is 1. The van der Waals surface area contributed by atoms with Gasteiger partial charge in [-0.1, -0.05) is 37.8 Å². The van der Waals surface area contributed by atoms with Gasteiger partial charge in [-0.2, -0.15) is 0 Å². The first-order valence-electron chi connectivity index (χ1n) is 11.6. The highest BCUT2D eigenvalue weighted by Crippen LogP contribution is 2.47. The van der Waals surface area contributed by atoms with Crippen LogP contribution in [0.3, 0.4) is 0 Å². The zero-order chi connectivity index (χ0) is 21.6. The minimum absolute atomic E-state index is 0.0867. The highest BCUT2D eigenvalue weighted by Gasteiger charge is 2.47. The lowest BCUT2D eigenvalue weighted by Crippen LogP contribution is -2.47. The molecule has 0 bridgehead atoms. The Morgan fingerprint density at radius 2 is 1.87 bits per heavy atom. The number of methoxy groups -OCH3 is 1. The second-order valence-electron chi connectivity index (χ2n) is 9.74. The van der Waals surface area contributed by atoms with Gasteiger partial charge in [-0.25, -0.2) is 0 Å². The topological polar surface area (TPSA) is 64.8 Å². The van der Waals surface area contributed by atoms with E-state index in [1.165, 1.54) is 12.8 Å². The summed E-state index contributed by atoms with van der Waals surface area (Å²) >= 11 is 0. The van der Waals surface area contributed by atoms with Crippen molar-refractivity contribution < 1.29 is 14.3 Å². The van der Waals surface area contributed by atoms with Crippen LogP contribution in [0.25, 0.3) is 0 Å². The lowest BCUT2D eigenvalue weighted by Gasteiger charge is -2.46. The molecule has 0 aliphatic heterocycles. The molecule has 1 aromatic carbocycles. The minimum Gasteiger partial charge on any atom is -0.497 e. The zero-order valence-electron chi connectivity index (χ0n) is 19.1. The number of carbonyl (C=O) groups is 1. The van der Waals surface area contributed by atoms with Crippen molar-refractivity contribution in [2.45, 2.75) is 69.8 Å². The van der Waals surface area contributed by atoms with Gasteiger partial charge in [0.25, 0.3) is 0 Å². The van der Waals surface area contributed by atoms with Crippen molar-refractivity contribution in [3.63, 3.8) is 0 Å². The van der Waals surface area contributed by atoms with Gasteiger partial charge in [0, 0.05) is 12.5 Å². The van der Waals surface area contributed by atoms with Gasteiger partial charge in [-0.05, 0) is 75.9 Å². The monoisotopic (exact) mass is 416 g/mol. The Balaban J connectivity index is 1.91. The number of carbonyl (C=O) groups excluding carboxylic acids is 1. The standard InChI is InChI=1S/C25H40N2O3/c1-27(2)18-21-10-5-8-15-25(21,20-11-9-12-22(16-20)29-3)30-23(28)17-24(19-26)13-6-4-7-14-24/h9,11-12,16,21H,4-8,10,13-15,17-19,26H2,1-3H3. The van der Waals surface area contributed by atoms with E-state index >= 15 is 0 Å². The summed E-state index contributed by atoms with van der Waals surface area (Å²) in [6.45, 7) is 1.46. The van der Waals surface area contributed by atoms with Crippen LogP contribution < -0.4 is 10.5 Å². The SMILES string of the molecule is COc1cccc(C2(OC(=O)CC3(CN)CCCCC3)CCCCC2CN(C)C)c1. The molecule has 0 aromatic heterocycles. The van der Waals surface area contributed by atoms with E-state index < -0.39 is 5.60 Å². The molecule has 0 amide bonds. The van der Waals surface area contributed by atoms with Crippen LogP contribution in [0, 0.1) is 11.3 Å². The second-order valence-corrected chi connectivity index (χ2v) is 9.74. The number of hydrogen-bond acceptors (Lipinski definition) is 5. The Labute approximate surface area is 182 Å². The van der Waals surface area contributed by atoms with Gasteiger partial charge in [-0.3, -0.25) is 4.79 Å². The molecule has 3 rings (SSSR count). The van der Waals surface area contributed by atoms with Crippen molar-refractivity contribution in [1.29, 1.82) is 0 Å². The van der Waals surface area contributed by atoms with Gasteiger partial charge in [0.2, 0.25) is 0 Å². The van der Waals surface area contributed by atoms with E-state index in [0.29, 0.717) is 13.0 Å². The average Bonchev–Trinajstić information content (AvgIpc) is 2.75. The highest BCUT2D eigenvalue weighted by atomic mass is 16.6. The van der Waals surface area contributed by atoms with Gasteiger partial charge in [0.15, 0.2) is 0 Å². The Morgan fingerprint density at radius 3 is 2.53 bits per heavy atom. The summed E-state index contributed by atoms with van der Waals surface area (Å²) < 4.78 is 12.0. The van der Waals surface area contributed by atoms with E-state index in [0.717, 1.165) is 62.8 Å². The molecule has 2 atom stereocenters. The smallest absolute Gasteiger partial charge is 0.307 e. The Hall–Kier alpha value is -1.59. The Kier molecular flexibility index (Phi) is 7.81. The van der Waals surface area contributed by atoms with Crippen LogP contribution in [0.1, 0.15) is 69.8 Å². The van der Waals surface area contributed by atoms with Crippen LogP contribution in [0.15, 0.2) is 24.3 Å². The number of rotatable bonds is 8. The summed E-state index contributed by atoms with van der Waals surface area (Å²) in [4.78, 5) is 15.6. The van der Waals surface area contributed by atoms with Crippen LogP contribution in [0.4, 0.5) is 0 Å². The third kappa shape index (κ3) is 5.17. The van der Waals surface area contributed by atoms with Crippen molar-refractivity contribution in [3.8, 4) is 5.75 Å². The molecule has 168 valence electrons.